The lowest BCUT2D eigenvalue weighted by Crippen LogP contribution is -2.51. The van der Waals surface area contributed by atoms with Crippen molar-refractivity contribution in [3.63, 3.8) is 0 Å². The molecule has 4 bridgehead atoms. The lowest BCUT2D eigenvalue weighted by atomic mass is 9.48. The van der Waals surface area contributed by atoms with Gasteiger partial charge in [-0.1, -0.05) is 18.2 Å². The first kappa shape index (κ1) is 18.8. The number of Topliss-reactive ketones (excluding diaryl/α,β-unsaturated/α-hetero) is 1. The number of carbonyl (C=O) groups excluding carboxylic acids is 2. The zero-order chi connectivity index (χ0) is 21.0. The highest BCUT2D eigenvalue weighted by atomic mass is 16.5. The van der Waals surface area contributed by atoms with Crippen LogP contribution in [0.2, 0.25) is 0 Å². The van der Waals surface area contributed by atoms with E-state index in [-0.39, 0.29) is 17.8 Å². The summed E-state index contributed by atoms with van der Waals surface area (Å²) in [6.07, 6.45) is 8.37. The predicted octanol–water partition coefficient (Wildman–Crippen LogP) is 5.44. The molecule has 1 aromatic carbocycles. The van der Waals surface area contributed by atoms with Crippen molar-refractivity contribution < 1.29 is 18.7 Å². The van der Waals surface area contributed by atoms with Crippen molar-refractivity contribution in [2.45, 2.75) is 38.5 Å². The second kappa shape index (κ2) is 7.04. The summed E-state index contributed by atoms with van der Waals surface area (Å²) in [5.74, 6) is 2.28. The molecule has 3 aromatic rings. The van der Waals surface area contributed by atoms with Crippen LogP contribution in [0, 0.1) is 23.2 Å². The van der Waals surface area contributed by atoms with Crippen LogP contribution < -0.4 is 0 Å². The molecule has 4 aliphatic rings. The van der Waals surface area contributed by atoms with Crippen LogP contribution in [0.4, 0.5) is 0 Å². The predicted molar refractivity (Wildman–Crippen MR) is 115 cm³/mol. The number of fused-ring (bicyclic) bond motifs is 1. The molecule has 7 rings (SSSR count). The maximum Gasteiger partial charge on any atom is 0.339 e. The number of ether oxygens (including phenoxy) is 1. The van der Waals surface area contributed by atoms with Gasteiger partial charge in [0.25, 0.3) is 0 Å². The minimum atomic E-state index is -0.482. The Morgan fingerprint density at radius 2 is 1.71 bits per heavy atom. The number of rotatable bonds is 5. The Kier molecular flexibility index (Phi) is 4.27. The van der Waals surface area contributed by atoms with Gasteiger partial charge in [0.05, 0.1) is 17.3 Å². The standard InChI is InChI=1S/C26H25NO4/c28-24(26-12-16-8-17(13-26)10-18(9-16)14-26)15-31-25(29)20-11-22(23-6-3-7-30-23)27-21-5-2-1-4-19(20)21/h1-7,11,16-18H,8-10,12-15H2. The monoisotopic (exact) mass is 415 g/mol. The molecule has 4 fully saturated rings. The van der Waals surface area contributed by atoms with Gasteiger partial charge in [-0.15, -0.1) is 0 Å². The van der Waals surface area contributed by atoms with Gasteiger partial charge in [0.1, 0.15) is 5.69 Å². The van der Waals surface area contributed by atoms with Crippen LogP contribution in [0.25, 0.3) is 22.4 Å². The average Bonchev–Trinajstić information content (AvgIpc) is 3.30. The zero-order valence-corrected chi connectivity index (χ0v) is 17.4. The third kappa shape index (κ3) is 3.18. The highest BCUT2D eigenvalue weighted by Crippen LogP contribution is 2.60. The van der Waals surface area contributed by atoms with Crippen LogP contribution in [-0.4, -0.2) is 23.3 Å². The van der Waals surface area contributed by atoms with Crippen molar-refractivity contribution in [3.05, 3.63) is 54.3 Å². The molecule has 0 N–H and O–H groups in total. The van der Waals surface area contributed by atoms with Crippen LogP contribution in [-0.2, 0) is 9.53 Å². The highest BCUT2D eigenvalue weighted by Gasteiger charge is 2.54. The lowest BCUT2D eigenvalue weighted by Gasteiger charge is -2.55. The molecule has 0 atom stereocenters. The van der Waals surface area contributed by atoms with Gasteiger partial charge in [-0.2, -0.15) is 0 Å². The first-order valence-corrected chi connectivity index (χ1v) is 11.2. The zero-order valence-electron chi connectivity index (χ0n) is 17.4. The van der Waals surface area contributed by atoms with Crippen molar-refractivity contribution in [1.29, 1.82) is 0 Å². The minimum absolute atomic E-state index is 0.115. The van der Waals surface area contributed by atoms with E-state index in [9.17, 15) is 9.59 Å². The molecular formula is C26H25NO4. The second-order valence-corrected chi connectivity index (χ2v) is 9.75. The quantitative estimate of drug-likeness (QED) is 0.519. The average molecular weight is 415 g/mol. The number of hydrogen-bond donors (Lipinski definition) is 0. The number of carbonyl (C=O) groups is 2. The van der Waals surface area contributed by atoms with Gasteiger partial charge < -0.3 is 9.15 Å². The van der Waals surface area contributed by atoms with Crippen molar-refractivity contribution >= 4 is 22.7 Å². The molecule has 0 amide bonds. The summed E-state index contributed by atoms with van der Waals surface area (Å²) in [5.41, 5.74) is 1.42. The Balaban J connectivity index is 1.25. The third-order valence-corrected chi connectivity index (χ3v) is 7.67. The molecule has 5 heteroatoms. The first-order valence-electron chi connectivity index (χ1n) is 11.2. The van der Waals surface area contributed by atoms with Crippen LogP contribution in [0.1, 0.15) is 48.9 Å². The van der Waals surface area contributed by atoms with E-state index in [1.54, 1.807) is 18.4 Å². The summed E-state index contributed by atoms with van der Waals surface area (Å²) in [7, 11) is 0. The fourth-order valence-corrected chi connectivity index (χ4v) is 6.71. The molecule has 0 radical (unpaired) electrons. The highest BCUT2D eigenvalue weighted by molar-refractivity contribution is 6.05. The van der Waals surface area contributed by atoms with Gasteiger partial charge in [-0.05, 0) is 80.5 Å². The second-order valence-electron chi connectivity index (χ2n) is 9.75. The molecule has 0 unspecified atom stereocenters. The molecule has 158 valence electrons. The lowest BCUT2D eigenvalue weighted by molar-refractivity contribution is -0.147. The number of pyridine rings is 1. The molecule has 5 nitrogen and oxygen atoms in total. The van der Waals surface area contributed by atoms with Crippen LogP contribution in [0.5, 0.6) is 0 Å². The number of aromatic nitrogens is 1. The van der Waals surface area contributed by atoms with Gasteiger partial charge >= 0.3 is 5.97 Å². The van der Waals surface area contributed by atoms with Gasteiger partial charge in [-0.3, -0.25) is 4.79 Å². The van der Waals surface area contributed by atoms with E-state index < -0.39 is 5.97 Å². The van der Waals surface area contributed by atoms with E-state index in [1.807, 2.05) is 30.3 Å². The summed E-state index contributed by atoms with van der Waals surface area (Å²) in [4.78, 5) is 30.9. The number of benzene rings is 1. The van der Waals surface area contributed by atoms with Crippen molar-refractivity contribution in [2.75, 3.05) is 6.61 Å². The molecule has 0 aliphatic heterocycles. The number of esters is 1. The Morgan fingerprint density at radius 1 is 1.00 bits per heavy atom. The van der Waals surface area contributed by atoms with Gasteiger partial charge in [0, 0.05) is 10.8 Å². The summed E-state index contributed by atoms with van der Waals surface area (Å²) in [6.45, 7) is -0.141. The number of hydrogen-bond acceptors (Lipinski definition) is 5. The summed E-state index contributed by atoms with van der Waals surface area (Å²) in [6, 6.07) is 12.8. The van der Waals surface area contributed by atoms with Crippen molar-refractivity contribution in [3.8, 4) is 11.5 Å². The van der Waals surface area contributed by atoms with E-state index >= 15 is 0 Å². The summed E-state index contributed by atoms with van der Waals surface area (Å²) >= 11 is 0. The molecular weight excluding hydrogens is 390 g/mol. The fraction of sp³-hybridized carbons (Fsp3) is 0.423. The molecule has 31 heavy (non-hydrogen) atoms. The molecule has 4 saturated carbocycles. The normalized spacial score (nSPS) is 28.7. The third-order valence-electron chi connectivity index (χ3n) is 7.67. The fourth-order valence-electron chi connectivity index (χ4n) is 6.71. The van der Waals surface area contributed by atoms with Crippen molar-refractivity contribution in [1.82, 2.24) is 4.98 Å². The Bertz CT molecular complexity index is 1130. The smallest absolute Gasteiger partial charge is 0.339 e. The minimum Gasteiger partial charge on any atom is -0.463 e. The molecule has 2 aromatic heterocycles. The van der Waals surface area contributed by atoms with Crippen LogP contribution >= 0.6 is 0 Å². The largest absolute Gasteiger partial charge is 0.463 e. The van der Waals surface area contributed by atoms with E-state index in [1.165, 1.54) is 19.3 Å². The summed E-state index contributed by atoms with van der Waals surface area (Å²) < 4.78 is 11.1. The van der Waals surface area contributed by atoms with Crippen LogP contribution in [0.15, 0.2) is 53.1 Å². The van der Waals surface area contributed by atoms with Gasteiger partial charge in [0.15, 0.2) is 18.2 Å². The molecule has 0 saturated heterocycles. The van der Waals surface area contributed by atoms with Gasteiger partial charge in [-0.25, -0.2) is 9.78 Å². The van der Waals surface area contributed by atoms with E-state index in [0.717, 1.165) is 19.3 Å². The van der Waals surface area contributed by atoms with E-state index in [0.29, 0.717) is 45.7 Å². The number of ketones is 1. The Hall–Kier alpha value is -2.95. The number of nitrogens with zero attached hydrogens (tertiary/aromatic N) is 1. The van der Waals surface area contributed by atoms with Crippen molar-refractivity contribution in [2.24, 2.45) is 23.2 Å². The maximum absolute atomic E-state index is 13.2. The SMILES string of the molecule is O=C(OCC(=O)C12CC3CC(CC(C3)C1)C2)c1cc(-c2ccco2)nc2ccccc12. The Morgan fingerprint density at radius 3 is 2.39 bits per heavy atom. The van der Waals surface area contributed by atoms with Gasteiger partial charge in [0.2, 0.25) is 0 Å². The number of para-hydroxylation sites is 1. The molecule has 0 spiro atoms. The Labute approximate surface area is 180 Å². The molecule has 4 aliphatic carbocycles. The van der Waals surface area contributed by atoms with E-state index in [2.05, 4.69) is 4.98 Å². The molecule has 2 heterocycles. The summed E-state index contributed by atoms with van der Waals surface area (Å²) in [5, 5.41) is 0.713. The van der Waals surface area contributed by atoms with Crippen LogP contribution in [0.3, 0.4) is 0 Å². The van der Waals surface area contributed by atoms with E-state index in [4.69, 9.17) is 9.15 Å². The number of furan rings is 1. The topological polar surface area (TPSA) is 69.4 Å². The maximum atomic E-state index is 13.2. The first-order chi connectivity index (χ1) is 15.1.